The third-order valence-electron chi connectivity index (χ3n) is 0. The summed E-state index contributed by atoms with van der Waals surface area (Å²) in [6, 6.07) is 0. The van der Waals surface area contributed by atoms with Crippen molar-refractivity contribution in [3.8, 4) is 0 Å². The summed E-state index contributed by atoms with van der Waals surface area (Å²) in [7, 11) is 0. The Bertz CT molecular complexity index is 14.9. The summed E-state index contributed by atoms with van der Waals surface area (Å²) in [6.45, 7) is 0. The van der Waals surface area contributed by atoms with Gasteiger partial charge in [0.25, 0.3) is 0 Å². The summed E-state index contributed by atoms with van der Waals surface area (Å²) in [6.07, 6.45) is 0. The van der Waals surface area contributed by atoms with Crippen LogP contribution in [0.3, 0.4) is 0 Å². The van der Waals surface area contributed by atoms with Crippen LogP contribution in [0.5, 0.6) is 0 Å². The Morgan fingerprint density at radius 1 is 1.50 bits per heavy atom. The Hall–Kier alpha value is 1.70. The summed E-state index contributed by atoms with van der Waals surface area (Å²) in [5.74, 6) is 0. The third kappa shape index (κ3) is 9.34. The minimum atomic E-state index is 0. The molecule has 0 spiro atoms. The normalized spacial score (nSPS) is 0.750. The van der Waals surface area contributed by atoms with E-state index in [1.54, 1.807) is 0 Å². The first-order chi connectivity index (χ1) is 1.00. The molecule has 0 fully saturated rings. The van der Waals surface area contributed by atoms with Gasteiger partial charge in [-0.05, 0) is 0 Å². The first kappa shape index (κ1) is 17.3. The summed E-state index contributed by atoms with van der Waals surface area (Å²) in [5.41, 5.74) is 0. The van der Waals surface area contributed by atoms with Crippen LogP contribution in [0.1, 0.15) is 4.28 Å². The summed E-state index contributed by atoms with van der Waals surface area (Å²) in [4.78, 5) is 0. The zero-order valence-electron chi connectivity index (χ0n) is 5.82. The van der Waals surface area contributed by atoms with E-state index < -0.39 is 0 Å². The molecule has 0 heterocycles. The van der Waals surface area contributed by atoms with Crippen molar-refractivity contribution >= 4 is 39.3 Å². The Kier molecular flexibility index (Phi) is 96.3. The van der Waals surface area contributed by atoms with E-state index in [1.807, 2.05) is 0 Å². The Morgan fingerprint density at radius 2 is 1.50 bits per heavy atom. The van der Waals surface area contributed by atoms with E-state index in [2.05, 4.69) is 0 Å². The molecule has 4 heteroatoms. The predicted molar refractivity (Wildman–Crippen MR) is 16.9 cm³/mol. The Balaban J connectivity index is -0.000000000500. The second kappa shape index (κ2) is 22.3. The minimum absolute atomic E-state index is 0. The van der Waals surface area contributed by atoms with Gasteiger partial charge in [-0.25, -0.2) is 0 Å². The number of hydrogen-bond acceptors (Lipinski definition) is 1. The van der Waals surface area contributed by atoms with E-state index in [1.165, 1.54) is 0 Å². The van der Waals surface area contributed by atoms with E-state index in [-0.39, 0.29) is 46.2 Å². The van der Waals surface area contributed by atoms with E-state index >= 15 is 0 Å². The summed E-state index contributed by atoms with van der Waals surface area (Å²) >= 11 is 0.611. The fraction of sp³-hybridized carbons (Fsp3) is 0. The van der Waals surface area contributed by atoms with Crippen molar-refractivity contribution in [3.63, 3.8) is 0 Å². The zero-order valence-corrected chi connectivity index (χ0v) is 5.65. The van der Waals surface area contributed by atoms with Crippen LogP contribution in [0.2, 0.25) is 0 Å². The van der Waals surface area contributed by atoms with Crippen molar-refractivity contribution in [2.75, 3.05) is 0 Å². The van der Waals surface area contributed by atoms with Crippen LogP contribution < -0.4 is 18.9 Å². The van der Waals surface area contributed by atoms with Gasteiger partial charge in [0.1, 0.15) is 0 Å². The molecule has 0 amide bonds. The predicted octanol–water partition coefficient (Wildman–Crippen LogP) is -3.81. The Morgan fingerprint density at radius 3 is 1.50 bits per heavy atom. The molecule has 0 atom stereocenters. The van der Waals surface area contributed by atoms with Gasteiger partial charge in [0.15, 0.2) is 0 Å². The van der Waals surface area contributed by atoms with Crippen LogP contribution in [0.25, 0.3) is 0 Å². The third-order valence-corrected chi connectivity index (χ3v) is 0. The quantitative estimate of drug-likeness (QED) is 0.272. The summed E-state index contributed by atoms with van der Waals surface area (Å²) < 4.78 is 8.28. The van der Waals surface area contributed by atoms with Gasteiger partial charge in [-0.3, -0.25) is 0 Å². The second-order valence-electron chi connectivity index (χ2n) is 0. The van der Waals surface area contributed by atoms with E-state index in [4.69, 9.17) is 3.80 Å². The Labute approximate surface area is 65.9 Å². The van der Waals surface area contributed by atoms with Crippen molar-refractivity contribution < 1.29 is 26.9 Å². The van der Waals surface area contributed by atoms with Crippen molar-refractivity contribution in [2.24, 2.45) is 0 Å². The van der Waals surface area contributed by atoms with Crippen LogP contribution in [0.15, 0.2) is 0 Å². The average molecular weight is 78.3 g/mol. The first-order valence-corrected chi connectivity index (χ1v) is 0.866. The molecule has 16 valence electrons. The summed E-state index contributed by atoms with van der Waals surface area (Å²) in [5, 5.41) is 0. The molecular weight excluding hydrogens is 74.2 g/mol. The van der Waals surface area contributed by atoms with Crippen LogP contribution in [-0.2, 0) is 3.80 Å². The molecule has 0 saturated carbocycles. The second-order valence-corrected chi connectivity index (χ2v) is 0. The maximum atomic E-state index is 8.28. The fourth-order valence-corrected chi connectivity index (χ4v) is 0. The van der Waals surface area contributed by atoms with Crippen LogP contribution in [-0.4, -0.2) is 39.3 Å². The van der Waals surface area contributed by atoms with Gasteiger partial charge in [0.2, 0.25) is 0 Å². The molecule has 0 bridgehead atoms. The molecular formula is H4AlLiMgO. The molecule has 0 unspecified atom stereocenters. The van der Waals surface area contributed by atoms with E-state index in [0.717, 1.165) is 0 Å². The van der Waals surface area contributed by atoms with E-state index in [9.17, 15) is 0 Å². The molecule has 0 saturated heterocycles. The average Bonchev–Trinajstić information content (AvgIpc) is 1.00. The molecule has 0 aliphatic rings. The van der Waals surface area contributed by atoms with Gasteiger partial charge in [-0.2, -0.15) is 0 Å². The fourth-order valence-electron chi connectivity index (χ4n) is 0. The van der Waals surface area contributed by atoms with Gasteiger partial charge in [0.05, 0.1) is 0 Å². The molecule has 0 aromatic carbocycles. The zero-order chi connectivity index (χ0) is 2.00. The molecule has 0 aromatic heterocycles. The number of hydrogen-bond donors (Lipinski definition) is 0. The van der Waals surface area contributed by atoms with Gasteiger partial charge >= 0.3 is 61.9 Å². The molecule has 0 radical (unpaired) electrons. The van der Waals surface area contributed by atoms with Crippen LogP contribution >= 0.6 is 0 Å². The van der Waals surface area contributed by atoms with Gasteiger partial charge in [-0.15, -0.1) is 0 Å². The maximum absolute atomic E-state index is 8.28. The molecule has 1 nitrogen and oxygen atoms in total. The van der Waals surface area contributed by atoms with Crippen molar-refractivity contribution in [3.05, 3.63) is 0 Å². The van der Waals surface area contributed by atoms with Gasteiger partial charge in [0, 0.05) is 0 Å². The SMILES string of the molecule is [H-].[H-].[H-].[Li+].[Mg+2].[O]=[AlH]. The monoisotopic (exact) mass is 78.0 g/mol. The molecule has 4 heavy (non-hydrogen) atoms. The van der Waals surface area contributed by atoms with Gasteiger partial charge < -0.3 is 4.28 Å². The molecule has 0 aromatic rings. The van der Waals surface area contributed by atoms with Crippen molar-refractivity contribution in [1.82, 2.24) is 0 Å². The van der Waals surface area contributed by atoms with Gasteiger partial charge in [-0.1, -0.05) is 0 Å². The molecule has 0 aliphatic heterocycles. The molecule has 0 N–H and O–H groups in total. The van der Waals surface area contributed by atoms with E-state index in [0.29, 0.717) is 16.2 Å². The van der Waals surface area contributed by atoms with Crippen LogP contribution in [0.4, 0.5) is 0 Å². The first-order valence-electron chi connectivity index (χ1n) is 0.289. The number of rotatable bonds is 0. The van der Waals surface area contributed by atoms with Crippen molar-refractivity contribution in [2.45, 2.75) is 0 Å². The van der Waals surface area contributed by atoms with Crippen molar-refractivity contribution in [1.29, 1.82) is 0 Å². The topological polar surface area (TPSA) is 17.1 Å². The molecule has 0 rings (SSSR count). The van der Waals surface area contributed by atoms with Crippen LogP contribution in [0, 0.1) is 0 Å². The molecule has 0 aliphatic carbocycles. The standard InChI is InChI=1S/Al.Li.Mg.O.4H/q;+1;+2;;;3*-1.